The molecule has 2 fully saturated rings. The van der Waals surface area contributed by atoms with E-state index in [9.17, 15) is 28.6 Å². The fraction of sp³-hybridized carbons (Fsp3) is 0.925. The van der Waals surface area contributed by atoms with E-state index < -0.39 is 32.5 Å². The van der Waals surface area contributed by atoms with Crippen molar-refractivity contribution in [3.63, 3.8) is 0 Å². The van der Waals surface area contributed by atoms with Crippen LogP contribution in [0, 0.1) is 0 Å². The quantitative estimate of drug-likeness (QED) is 0.0196. The SMILES string of the molecule is CCCCCCCCCCCCCCCC(=O)OCC(COP(=O)(O)OCCNC(=O)CCCCC1SC[C@@H]2NC(=O)N[C@H]12)OC(=O)CCCCCCCCCCCCCCC.CCN(CC)CC. The summed E-state index contributed by atoms with van der Waals surface area (Å²) in [5.74, 6) is -0.175. The van der Waals surface area contributed by atoms with Crippen LogP contribution in [0.2, 0.25) is 0 Å². The fourth-order valence-electron chi connectivity index (χ4n) is 8.79. The van der Waals surface area contributed by atoms with Gasteiger partial charge >= 0.3 is 25.8 Å². The van der Waals surface area contributed by atoms with Crippen molar-refractivity contribution in [2.45, 2.75) is 264 Å². The molecule has 406 valence electrons. The van der Waals surface area contributed by atoms with Gasteiger partial charge in [0.05, 0.1) is 25.3 Å². The number of nitrogens with one attached hydrogen (secondary N) is 3. The van der Waals surface area contributed by atoms with Crippen molar-refractivity contribution in [2.75, 3.05) is 51.8 Å². The molecule has 14 nitrogen and oxygen atoms in total. The molecule has 0 bridgehead atoms. The Bertz CT molecular complexity index is 1330. The summed E-state index contributed by atoms with van der Waals surface area (Å²) in [6.45, 7) is 13.6. The summed E-state index contributed by atoms with van der Waals surface area (Å²) in [7, 11) is -4.56. The van der Waals surface area contributed by atoms with Crippen LogP contribution < -0.4 is 16.0 Å². The van der Waals surface area contributed by atoms with E-state index in [1.165, 1.54) is 135 Å². The maximum atomic E-state index is 12.8. The Balaban J connectivity index is 0.00000314. The molecule has 0 aromatic heterocycles. The third-order valence-corrected chi connectivity index (χ3v) is 15.7. The van der Waals surface area contributed by atoms with E-state index in [2.05, 4.69) is 55.5 Å². The van der Waals surface area contributed by atoms with Gasteiger partial charge in [0, 0.05) is 36.8 Å². The predicted octanol–water partition coefficient (Wildman–Crippen LogP) is 12.7. The molecular weight excluding hydrogens is 916 g/mol. The second-order valence-corrected chi connectivity index (χ2v) is 21.9. The van der Waals surface area contributed by atoms with E-state index in [1.807, 2.05) is 11.8 Å². The highest BCUT2D eigenvalue weighted by molar-refractivity contribution is 8.00. The summed E-state index contributed by atoms with van der Waals surface area (Å²) in [5.41, 5.74) is 0. The number of phosphoric ester groups is 1. The first-order valence-electron chi connectivity index (χ1n) is 28.1. The lowest BCUT2D eigenvalue weighted by atomic mass is 10.0. The van der Waals surface area contributed by atoms with Gasteiger partial charge in [0.15, 0.2) is 6.10 Å². The molecule has 5 atom stereocenters. The molecule has 2 aliphatic rings. The van der Waals surface area contributed by atoms with Crippen LogP contribution in [-0.4, -0.2) is 109 Å². The highest BCUT2D eigenvalue weighted by Crippen LogP contribution is 2.43. The number of amides is 3. The van der Waals surface area contributed by atoms with Gasteiger partial charge in [-0.15, -0.1) is 0 Å². The minimum Gasteiger partial charge on any atom is -0.462 e. The molecule has 2 saturated heterocycles. The van der Waals surface area contributed by atoms with Crippen LogP contribution in [0.1, 0.15) is 240 Å². The Hall–Kier alpha value is -1.90. The number of thioether (sulfide) groups is 1. The molecule has 0 saturated carbocycles. The average molecular weight is 1020 g/mol. The second kappa shape index (κ2) is 44.8. The number of unbranched alkanes of at least 4 members (excludes halogenated alkanes) is 25. The summed E-state index contributed by atoms with van der Waals surface area (Å²) >= 11 is 1.84. The van der Waals surface area contributed by atoms with E-state index in [-0.39, 0.29) is 56.6 Å². The standard InChI is InChI=1S/C47H88N3O10PS.C6H15N/c1-3-5-7-9-11-13-15-17-19-21-23-25-27-33-44(52)57-37-40(60-45(53)34-28-26-24-22-20-18-16-14-12-10-8-6-4-2)38-59-61(55,56)58-36-35-48-43(51)32-30-29-31-42-46-41(39-62-42)49-47(54)50-46;1-4-7(5-2)6-3/h40-42,46H,3-39H2,1-2H3,(H,48,51)(H,55,56)(H2,49,50,54);4-6H2,1-3H3/t40?,41-,42?,46-;/m0./s1. The normalized spacial score (nSPS) is 17.6. The van der Waals surface area contributed by atoms with Gasteiger partial charge in [0.1, 0.15) is 6.61 Å². The molecule has 69 heavy (non-hydrogen) atoms. The summed E-state index contributed by atoms with van der Waals surface area (Å²) in [6, 6.07) is 0.201. The molecule has 0 aromatic carbocycles. The molecule has 3 amide bonds. The average Bonchev–Trinajstić information content (AvgIpc) is 3.90. The lowest BCUT2D eigenvalue weighted by molar-refractivity contribution is -0.161. The van der Waals surface area contributed by atoms with Crippen LogP contribution in [-0.2, 0) is 37.5 Å². The monoisotopic (exact) mass is 1020 g/mol. The summed E-state index contributed by atoms with van der Waals surface area (Å²) in [6.07, 6.45) is 33.3. The first-order valence-corrected chi connectivity index (χ1v) is 30.7. The van der Waals surface area contributed by atoms with E-state index in [1.54, 1.807) is 0 Å². The van der Waals surface area contributed by atoms with Crippen molar-refractivity contribution >= 4 is 43.5 Å². The highest BCUT2D eigenvalue weighted by Gasteiger charge is 2.42. The minimum absolute atomic E-state index is 0.0149. The van der Waals surface area contributed by atoms with Crippen LogP contribution in [0.15, 0.2) is 0 Å². The Morgan fingerprint density at radius 1 is 0.638 bits per heavy atom. The van der Waals surface area contributed by atoms with Crippen molar-refractivity contribution < 1.29 is 47.2 Å². The predicted molar refractivity (Wildman–Crippen MR) is 284 cm³/mol. The number of urea groups is 1. The molecule has 2 aliphatic heterocycles. The number of nitrogens with zero attached hydrogens (tertiary/aromatic N) is 1. The number of fused-ring (bicyclic) bond motifs is 1. The number of carbonyl (C=O) groups excluding carboxylic acids is 4. The van der Waals surface area contributed by atoms with Gasteiger partial charge in [-0.3, -0.25) is 23.4 Å². The molecule has 0 radical (unpaired) electrons. The molecule has 0 spiro atoms. The van der Waals surface area contributed by atoms with Crippen LogP contribution in [0.25, 0.3) is 0 Å². The number of carbonyl (C=O) groups is 4. The number of ether oxygens (including phenoxy) is 2. The van der Waals surface area contributed by atoms with E-state index in [0.29, 0.717) is 30.9 Å². The lowest BCUT2D eigenvalue weighted by Crippen LogP contribution is -2.36. The number of hydrogen-bond donors (Lipinski definition) is 4. The molecule has 0 aromatic rings. The lowest BCUT2D eigenvalue weighted by Gasteiger charge is -2.20. The third kappa shape index (κ3) is 37.5. The molecule has 4 N–H and O–H groups in total. The number of phosphoric acid groups is 1. The van der Waals surface area contributed by atoms with Crippen molar-refractivity contribution in [2.24, 2.45) is 0 Å². The molecule has 2 rings (SSSR count). The van der Waals surface area contributed by atoms with Gasteiger partial charge in [-0.05, 0) is 45.3 Å². The van der Waals surface area contributed by atoms with E-state index in [4.69, 9.17) is 18.5 Å². The van der Waals surface area contributed by atoms with Crippen LogP contribution in [0.5, 0.6) is 0 Å². The Morgan fingerprint density at radius 3 is 1.58 bits per heavy atom. The van der Waals surface area contributed by atoms with Crippen LogP contribution in [0.3, 0.4) is 0 Å². The molecule has 3 unspecified atom stereocenters. The minimum atomic E-state index is -4.56. The van der Waals surface area contributed by atoms with Gasteiger partial charge in [0.25, 0.3) is 0 Å². The zero-order chi connectivity index (χ0) is 50.6. The summed E-state index contributed by atoms with van der Waals surface area (Å²) in [4.78, 5) is 62.0. The Kier molecular flexibility index (Phi) is 42.3. The Morgan fingerprint density at radius 2 is 1.10 bits per heavy atom. The van der Waals surface area contributed by atoms with Gasteiger partial charge in [-0.1, -0.05) is 195 Å². The smallest absolute Gasteiger partial charge is 0.462 e. The highest BCUT2D eigenvalue weighted by atomic mass is 32.2. The summed E-state index contributed by atoms with van der Waals surface area (Å²) < 4.78 is 34.0. The zero-order valence-corrected chi connectivity index (χ0v) is 46.2. The van der Waals surface area contributed by atoms with Crippen molar-refractivity contribution in [3.05, 3.63) is 0 Å². The summed E-state index contributed by atoms with van der Waals surface area (Å²) in [5, 5.41) is 8.94. The molecule has 2 heterocycles. The van der Waals surface area contributed by atoms with E-state index >= 15 is 0 Å². The maximum Gasteiger partial charge on any atom is 0.472 e. The molecule has 16 heteroatoms. The zero-order valence-electron chi connectivity index (χ0n) is 44.5. The maximum absolute atomic E-state index is 12.8. The molecular formula is C53H103N4O10PS. The fourth-order valence-corrected chi connectivity index (χ4v) is 11.1. The van der Waals surface area contributed by atoms with Crippen LogP contribution >= 0.6 is 19.6 Å². The van der Waals surface area contributed by atoms with Gasteiger partial charge in [0.2, 0.25) is 5.91 Å². The third-order valence-electron chi connectivity index (χ3n) is 13.2. The first-order chi connectivity index (χ1) is 33.5. The first kappa shape index (κ1) is 65.1. The van der Waals surface area contributed by atoms with Gasteiger partial charge in [-0.2, -0.15) is 11.8 Å². The van der Waals surface area contributed by atoms with Crippen molar-refractivity contribution in [1.29, 1.82) is 0 Å². The van der Waals surface area contributed by atoms with Crippen molar-refractivity contribution in [1.82, 2.24) is 20.9 Å². The van der Waals surface area contributed by atoms with Gasteiger partial charge in [-0.25, -0.2) is 9.36 Å². The van der Waals surface area contributed by atoms with Crippen LogP contribution in [0.4, 0.5) is 4.79 Å². The van der Waals surface area contributed by atoms with E-state index in [0.717, 1.165) is 57.1 Å². The van der Waals surface area contributed by atoms with Gasteiger partial charge < -0.3 is 35.2 Å². The number of hydrogen-bond acceptors (Lipinski definition) is 11. The number of rotatable bonds is 46. The molecule has 0 aliphatic carbocycles. The van der Waals surface area contributed by atoms with Crippen molar-refractivity contribution in [3.8, 4) is 0 Å². The second-order valence-electron chi connectivity index (χ2n) is 19.2. The number of esters is 2. The largest absolute Gasteiger partial charge is 0.472 e. The topological polar surface area (TPSA) is 182 Å². The Labute approximate surface area is 425 Å².